The number of aryl methyl sites for hydroxylation is 1. The minimum Gasteiger partial charge on any atom is -0.506 e. The highest BCUT2D eigenvalue weighted by molar-refractivity contribution is 6.32. The van der Waals surface area contributed by atoms with E-state index in [2.05, 4.69) is 4.98 Å². The summed E-state index contributed by atoms with van der Waals surface area (Å²) in [5.74, 6) is -0.611. The molecule has 5 nitrogen and oxygen atoms in total. The molecule has 0 unspecified atom stereocenters. The van der Waals surface area contributed by atoms with Crippen molar-refractivity contribution in [1.82, 2.24) is 4.98 Å². The number of phenols is 1. The van der Waals surface area contributed by atoms with Gasteiger partial charge in [-0.15, -0.1) is 0 Å². The zero-order valence-corrected chi connectivity index (χ0v) is 15.0. The minimum absolute atomic E-state index is 0.00596. The van der Waals surface area contributed by atoms with Gasteiger partial charge in [-0.3, -0.25) is 9.78 Å². The maximum absolute atomic E-state index is 12.8. The molecule has 2 N–H and O–H groups in total. The Hall–Kier alpha value is -3.31. The number of halogens is 1. The zero-order valence-electron chi connectivity index (χ0n) is 14.2. The first kappa shape index (κ1) is 17.1. The normalized spacial score (nSPS) is 11.0. The average molecular weight is 380 g/mol. The molecule has 134 valence electrons. The van der Waals surface area contributed by atoms with E-state index in [9.17, 15) is 15.0 Å². The van der Waals surface area contributed by atoms with Crippen LogP contribution in [0.3, 0.4) is 0 Å². The highest BCUT2D eigenvalue weighted by Crippen LogP contribution is 2.37. The number of rotatable bonds is 2. The first-order valence-corrected chi connectivity index (χ1v) is 8.53. The summed E-state index contributed by atoms with van der Waals surface area (Å²) >= 11 is 5.96. The Kier molecular flexibility index (Phi) is 4.09. The quantitative estimate of drug-likeness (QED) is 0.517. The lowest BCUT2D eigenvalue weighted by Gasteiger charge is -2.11. The molecule has 2 heterocycles. The minimum atomic E-state index is -0.533. The van der Waals surface area contributed by atoms with E-state index in [0.29, 0.717) is 11.1 Å². The number of aromatic hydroxyl groups is 2. The maximum atomic E-state index is 12.8. The van der Waals surface area contributed by atoms with Crippen LogP contribution in [0.25, 0.3) is 33.4 Å². The summed E-state index contributed by atoms with van der Waals surface area (Å²) in [6.07, 6.45) is 3.31. The lowest BCUT2D eigenvalue weighted by atomic mass is 10.00. The fraction of sp³-hybridized carbons (Fsp3) is 0.0476. The van der Waals surface area contributed by atoms with Gasteiger partial charge in [0.1, 0.15) is 11.3 Å². The Morgan fingerprint density at radius 3 is 2.44 bits per heavy atom. The molecule has 4 aromatic rings. The third-order valence-corrected chi connectivity index (χ3v) is 4.62. The second-order valence-corrected chi connectivity index (χ2v) is 6.61. The van der Waals surface area contributed by atoms with E-state index >= 15 is 0 Å². The van der Waals surface area contributed by atoms with Crippen LogP contribution in [-0.4, -0.2) is 15.2 Å². The maximum Gasteiger partial charge on any atom is 0.235 e. The molecule has 4 rings (SSSR count). The van der Waals surface area contributed by atoms with E-state index in [0.717, 1.165) is 16.7 Å². The molecule has 0 aliphatic rings. The van der Waals surface area contributed by atoms with E-state index in [-0.39, 0.29) is 21.9 Å². The van der Waals surface area contributed by atoms with Gasteiger partial charge >= 0.3 is 0 Å². The second-order valence-electron chi connectivity index (χ2n) is 6.20. The van der Waals surface area contributed by atoms with Crippen molar-refractivity contribution >= 4 is 22.6 Å². The fourth-order valence-corrected chi connectivity index (χ4v) is 3.20. The van der Waals surface area contributed by atoms with Crippen LogP contribution >= 0.6 is 11.6 Å². The van der Waals surface area contributed by atoms with Gasteiger partial charge in [-0.05, 0) is 60.5 Å². The molecular formula is C21H14ClNO4. The number of phenolic OH excluding ortho intramolecular Hbond substituents is 1. The van der Waals surface area contributed by atoms with Gasteiger partial charge in [-0.2, -0.15) is 0 Å². The summed E-state index contributed by atoms with van der Waals surface area (Å²) in [5, 5.41) is 20.4. The van der Waals surface area contributed by atoms with Crippen molar-refractivity contribution in [2.24, 2.45) is 0 Å². The zero-order chi connectivity index (χ0) is 19.1. The third-order valence-electron chi connectivity index (χ3n) is 4.31. The first-order valence-electron chi connectivity index (χ1n) is 8.15. The molecule has 6 heteroatoms. The van der Waals surface area contributed by atoms with Crippen LogP contribution in [0.4, 0.5) is 0 Å². The molecule has 0 saturated carbocycles. The van der Waals surface area contributed by atoms with E-state index in [4.69, 9.17) is 16.0 Å². The summed E-state index contributed by atoms with van der Waals surface area (Å²) in [4.78, 5) is 16.8. The summed E-state index contributed by atoms with van der Waals surface area (Å²) in [7, 11) is 0. The third kappa shape index (κ3) is 2.92. The molecule has 0 spiro atoms. The molecule has 2 aromatic carbocycles. The van der Waals surface area contributed by atoms with Crippen LogP contribution in [0.2, 0.25) is 5.02 Å². The highest BCUT2D eigenvalue weighted by Gasteiger charge is 2.19. The number of fused-ring (bicyclic) bond motifs is 1. The highest BCUT2D eigenvalue weighted by atomic mass is 35.5. The Morgan fingerprint density at radius 2 is 1.74 bits per heavy atom. The molecule has 0 amide bonds. The summed E-state index contributed by atoms with van der Waals surface area (Å²) in [6.45, 7) is 1.87. The van der Waals surface area contributed by atoms with E-state index in [1.807, 2.05) is 25.1 Å². The summed E-state index contributed by atoms with van der Waals surface area (Å²) in [5.41, 5.74) is 2.62. The number of hydrogen-bond acceptors (Lipinski definition) is 5. The molecule has 27 heavy (non-hydrogen) atoms. The molecular weight excluding hydrogens is 366 g/mol. The van der Waals surface area contributed by atoms with Crippen molar-refractivity contribution in [2.75, 3.05) is 0 Å². The van der Waals surface area contributed by atoms with Crippen LogP contribution in [0.15, 0.2) is 64.1 Å². The van der Waals surface area contributed by atoms with Crippen molar-refractivity contribution in [3.8, 4) is 33.9 Å². The van der Waals surface area contributed by atoms with Crippen molar-refractivity contribution < 1.29 is 14.6 Å². The predicted molar refractivity (Wildman–Crippen MR) is 104 cm³/mol. The fourth-order valence-electron chi connectivity index (χ4n) is 3.02. The van der Waals surface area contributed by atoms with Gasteiger partial charge in [0.25, 0.3) is 0 Å². The molecule has 0 aliphatic carbocycles. The Bertz CT molecular complexity index is 1230. The van der Waals surface area contributed by atoms with Crippen LogP contribution in [-0.2, 0) is 0 Å². The predicted octanol–water partition coefficient (Wildman–Crippen LogP) is 4.90. The van der Waals surface area contributed by atoms with Gasteiger partial charge in [-0.1, -0.05) is 11.6 Å². The van der Waals surface area contributed by atoms with Crippen molar-refractivity contribution in [2.45, 2.75) is 6.92 Å². The van der Waals surface area contributed by atoms with E-state index in [1.165, 1.54) is 18.2 Å². The van der Waals surface area contributed by atoms with E-state index < -0.39 is 11.2 Å². The molecule has 0 bridgehead atoms. The largest absolute Gasteiger partial charge is 0.506 e. The smallest absolute Gasteiger partial charge is 0.235 e. The van der Waals surface area contributed by atoms with Crippen LogP contribution in [0.1, 0.15) is 5.56 Å². The first-order chi connectivity index (χ1) is 13.0. The second kappa shape index (κ2) is 6.45. The molecule has 0 saturated heterocycles. The molecule has 2 aromatic heterocycles. The monoisotopic (exact) mass is 379 g/mol. The molecule has 0 radical (unpaired) electrons. The topological polar surface area (TPSA) is 83.6 Å². The standard InChI is InChI=1S/C21H14ClNO4/c1-11-8-14(12-4-6-23-7-5-12)21-15(9-11)18(25)19(26)20(27-21)13-2-3-17(24)16(22)10-13/h2-10,24,26H,1H3. The van der Waals surface area contributed by atoms with Crippen LogP contribution in [0, 0.1) is 6.92 Å². The lowest BCUT2D eigenvalue weighted by molar-refractivity contribution is 0.449. The Morgan fingerprint density at radius 1 is 1.00 bits per heavy atom. The average Bonchev–Trinajstić information content (AvgIpc) is 2.67. The number of hydrogen-bond donors (Lipinski definition) is 2. The Labute approximate surface area is 159 Å². The number of pyridine rings is 1. The SMILES string of the molecule is Cc1cc(-c2ccncc2)c2oc(-c3ccc(O)c(Cl)c3)c(O)c(=O)c2c1. The summed E-state index contributed by atoms with van der Waals surface area (Å²) < 4.78 is 5.98. The summed E-state index contributed by atoms with van der Waals surface area (Å²) in [6, 6.07) is 11.5. The Balaban J connectivity index is 2.08. The lowest BCUT2D eigenvalue weighted by Crippen LogP contribution is -2.04. The van der Waals surface area contributed by atoms with Gasteiger partial charge in [0, 0.05) is 23.5 Å². The van der Waals surface area contributed by atoms with Crippen molar-refractivity contribution in [1.29, 1.82) is 0 Å². The number of nitrogens with zero attached hydrogens (tertiary/aromatic N) is 1. The molecule has 0 atom stereocenters. The van der Waals surface area contributed by atoms with Gasteiger partial charge in [-0.25, -0.2) is 0 Å². The van der Waals surface area contributed by atoms with E-state index in [1.54, 1.807) is 18.5 Å². The van der Waals surface area contributed by atoms with Gasteiger partial charge in [0.2, 0.25) is 11.2 Å². The van der Waals surface area contributed by atoms with Crippen molar-refractivity contribution in [3.63, 3.8) is 0 Å². The molecule has 0 aliphatic heterocycles. The molecule has 0 fully saturated rings. The van der Waals surface area contributed by atoms with Gasteiger partial charge in [0.05, 0.1) is 10.4 Å². The number of benzene rings is 2. The van der Waals surface area contributed by atoms with Crippen LogP contribution < -0.4 is 5.43 Å². The van der Waals surface area contributed by atoms with Crippen molar-refractivity contribution in [3.05, 3.63) is 75.7 Å². The van der Waals surface area contributed by atoms with Gasteiger partial charge < -0.3 is 14.6 Å². The van der Waals surface area contributed by atoms with Gasteiger partial charge in [0.15, 0.2) is 5.76 Å². The number of aromatic nitrogens is 1. The van der Waals surface area contributed by atoms with Crippen LogP contribution in [0.5, 0.6) is 11.5 Å².